The lowest BCUT2D eigenvalue weighted by atomic mass is 9.94. The van der Waals surface area contributed by atoms with Gasteiger partial charge in [-0.25, -0.2) is 0 Å². The van der Waals surface area contributed by atoms with Crippen molar-refractivity contribution in [2.75, 3.05) is 6.54 Å². The van der Waals surface area contributed by atoms with Crippen molar-refractivity contribution in [2.45, 2.75) is 44.4 Å². The number of carbonyl (C=O) groups excluding carboxylic acids is 1. The van der Waals surface area contributed by atoms with E-state index in [1.807, 2.05) is 24.4 Å². The molecule has 0 bridgehead atoms. The molecular formula is C17H21ClN2O. The van der Waals surface area contributed by atoms with Crippen LogP contribution in [0.1, 0.15) is 44.6 Å². The van der Waals surface area contributed by atoms with E-state index in [1.54, 1.807) is 0 Å². The van der Waals surface area contributed by atoms with E-state index in [1.165, 1.54) is 6.42 Å². The Hall–Kier alpha value is -1.48. The number of benzene rings is 1. The molecule has 1 aliphatic rings. The van der Waals surface area contributed by atoms with E-state index in [9.17, 15) is 4.79 Å². The minimum Gasteiger partial charge on any atom is -0.361 e. The number of aromatic amines is 1. The molecule has 1 saturated carbocycles. The van der Waals surface area contributed by atoms with Crippen molar-refractivity contribution in [1.82, 2.24) is 10.3 Å². The molecule has 1 fully saturated rings. The van der Waals surface area contributed by atoms with Gasteiger partial charge in [-0.2, -0.15) is 0 Å². The van der Waals surface area contributed by atoms with E-state index in [0.29, 0.717) is 5.02 Å². The fourth-order valence-corrected chi connectivity index (χ4v) is 3.15. The largest absolute Gasteiger partial charge is 0.361 e. The second-order valence-corrected chi connectivity index (χ2v) is 6.37. The molecule has 1 heterocycles. The highest BCUT2D eigenvalue weighted by molar-refractivity contribution is 6.31. The predicted molar refractivity (Wildman–Crippen MR) is 86.8 cm³/mol. The zero-order valence-corrected chi connectivity index (χ0v) is 13.1. The Morgan fingerprint density at radius 3 is 2.90 bits per heavy atom. The number of hydrogen-bond donors (Lipinski definition) is 2. The van der Waals surface area contributed by atoms with Crippen LogP contribution in [-0.4, -0.2) is 17.4 Å². The number of H-pyrrole nitrogens is 1. The Morgan fingerprint density at radius 1 is 1.38 bits per heavy atom. The highest BCUT2D eigenvalue weighted by Gasteiger charge is 2.52. The lowest BCUT2D eigenvalue weighted by molar-refractivity contribution is -0.123. The zero-order valence-electron chi connectivity index (χ0n) is 12.3. The average Bonchev–Trinajstić information content (AvgIpc) is 3.18. The van der Waals surface area contributed by atoms with Gasteiger partial charge < -0.3 is 10.3 Å². The van der Waals surface area contributed by atoms with E-state index in [-0.39, 0.29) is 11.3 Å². The third-order valence-corrected chi connectivity index (χ3v) is 4.64. The first kappa shape index (κ1) is 14.5. The van der Waals surface area contributed by atoms with E-state index in [0.717, 1.165) is 48.7 Å². The molecule has 2 N–H and O–H groups in total. The molecule has 1 amide bonds. The Kier molecular flexibility index (Phi) is 3.94. The maximum Gasteiger partial charge on any atom is 0.230 e. The number of hydrogen-bond acceptors (Lipinski definition) is 1. The number of carbonyl (C=O) groups is 1. The average molecular weight is 305 g/mol. The third kappa shape index (κ3) is 2.67. The second-order valence-electron chi connectivity index (χ2n) is 5.94. The van der Waals surface area contributed by atoms with Crippen LogP contribution in [0.25, 0.3) is 10.9 Å². The van der Waals surface area contributed by atoms with Crippen LogP contribution in [0.3, 0.4) is 0 Å². The molecule has 4 heteroatoms. The molecule has 0 unspecified atom stereocenters. The monoisotopic (exact) mass is 304 g/mol. The van der Waals surface area contributed by atoms with E-state index < -0.39 is 0 Å². The van der Waals surface area contributed by atoms with Crippen LogP contribution in [0.5, 0.6) is 0 Å². The first-order valence-electron chi connectivity index (χ1n) is 7.73. The van der Waals surface area contributed by atoms with Crippen LogP contribution in [-0.2, 0) is 10.2 Å². The molecular weight excluding hydrogens is 284 g/mol. The number of rotatable bonds is 6. The Balaban J connectivity index is 1.80. The SMILES string of the molecule is CCCCCNC(=O)C1(c2c[nH]c3ccc(Cl)cc23)CC1. The van der Waals surface area contributed by atoms with Crippen molar-refractivity contribution in [1.29, 1.82) is 0 Å². The van der Waals surface area contributed by atoms with Crippen molar-refractivity contribution in [3.8, 4) is 0 Å². The third-order valence-electron chi connectivity index (χ3n) is 4.41. The summed E-state index contributed by atoms with van der Waals surface area (Å²) >= 11 is 6.10. The summed E-state index contributed by atoms with van der Waals surface area (Å²) in [7, 11) is 0. The molecule has 0 radical (unpaired) electrons. The smallest absolute Gasteiger partial charge is 0.230 e. The summed E-state index contributed by atoms with van der Waals surface area (Å²) in [6.45, 7) is 2.94. The van der Waals surface area contributed by atoms with Crippen LogP contribution < -0.4 is 5.32 Å². The molecule has 1 aliphatic carbocycles. The second kappa shape index (κ2) is 5.72. The van der Waals surface area contributed by atoms with Gasteiger partial charge in [0, 0.05) is 28.7 Å². The molecule has 112 valence electrons. The molecule has 0 saturated heterocycles. The number of aromatic nitrogens is 1. The summed E-state index contributed by atoms with van der Waals surface area (Å²) in [6.07, 6.45) is 7.20. The molecule has 3 nitrogen and oxygen atoms in total. The van der Waals surface area contributed by atoms with Gasteiger partial charge in [-0.05, 0) is 43.0 Å². The van der Waals surface area contributed by atoms with Gasteiger partial charge in [0.25, 0.3) is 0 Å². The van der Waals surface area contributed by atoms with Crippen molar-refractivity contribution < 1.29 is 4.79 Å². The molecule has 21 heavy (non-hydrogen) atoms. The molecule has 1 aromatic heterocycles. The molecule has 0 spiro atoms. The van der Waals surface area contributed by atoms with Crippen molar-refractivity contribution in [3.63, 3.8) is 0 Å². The minimum absolute atomic E-state index is 0.166. The van der Waals surface area contributed by atoms with Gasteiger partial charge in [0.15, 0.2) is 0 Å². The highest BCUT2D eigenvalue weighted by Crippen LogP contribution is 2.50. The van der Waals surface area contributed by atoms with Gasteiger partial charge in [0.1, 0.15) is 0 Å². The summed E-state index contributed by atoms with van der Waals surface area (Å²) in [6, 6.07) is 5.79. The van der Waals surface area contributed by atoms with Crippen LogP contribution in [0, 0.1) is 0 Å². The van der Waals surface area contributed by atoms with Crippen LogP contribution in [0.4, 0.5) is 0 Å². The molecule has 0 atom stereocenters. The van der Waals surface area contributed by atoms with Gasteiger partial charge in [-0.15, -0.1) is 0 Å². The van der Waals surface area contributed by atoms with E-state index in [2.05, 4.69) is 17.2 Å². The quantitative estimate of drug-likeness (QED) is 0.773. The summed E-state index contributed by atoms with van der Waals surface area (Å²) < 4.78 is 0. The number of amides is 1. The molecule has 1 aromatic carbocycles. The van der Waals surface area contributed by atoms with Crippen molar-refractivity contribution in [2.24, 2.45) is 0 Å². The van der Waals surface area contributed by atoms with Crippen molar-refractivity contribution in [3.05, 3.63) is 35.0 Å². The van der Waals surface area contributed by atoms with Gasteiger partial charge in [-0.1, -0.05) is 31.4 Å². The molecule has 0 aliphatic heterocycles. The number of halogens is 1. The number of nitrogens with one attached hydrogen (secondary N) is 2. The van der Waals surface area contributed by atoms with Gasteiger partial charge in [-0.3, -0.25) is 4.79 Å². The standard InChI is InChI=1S/C17H21ClN2O/c1-2-3-4-9-19-16(21)17(7-8-17)14-11-20-15-6-5-12(18)10-13(14)15/h5-6,10-11,20H,2-4,7-9H2,1H3,(H,19,21). The normalized spacial score (nSPS) is 16.1. The minimum atomic E-state index is -0.338. The molecule has 2 aromatic rings. The van der Waals surface area contributed by atoms with E-state index in [4.69, 9.17) is 11.6 Å². The lowest BCUT2D eigenvalue weighted by Gasteiger charge is -2.15. The Morgan fingerprint density at radius 2 is 2.19 bits per heavy atom. The first-order chi connectivity index (χ1) is 10.2. The Bertz CT molecular complexity index is 658. The maximum absolute atomic E-state index is 12.6. The summed E-state index contributed by atoms with van der Waals surface area (Å²) in [4.78, 5) is 15.8. The fourth-order valence-electron chi connectivity index (χ4n) is 2.98. The first-order valence-corrected chi connectivity index (χ1v) is 8.10. The van der Waals surface area contributed by atoms with Crippen LogP contribution in [0.15, 0.2) is 24.4 Å². The molecule has 3 rings (SSSR count). The van der Waals surface area contributed by atoms with E-state index >= 15 is 0 Å². The summed E-state index contributed by atoms with van der Waals surface area (Å²) in [5.74, 6) is 0.166. The highest BCUT2D eigenvalue weighted by atomic mass is 35.5. The lowest BCUT2D eigenvalue weighted by Crippen LogP contribution is -2.35. The van der Waals surface area contributed by atoms with Gasteiger partial charge in [0.2, 0.25) is 5.91 Å². The zero-order chi connectivity index (χ0) is 14.9. The predicted octanol–water partition coefficient (Wildman–Crippen LogP) is 4.16. The number of fused-ring (bicyclic) bond motifs is 1. The van der Waals surface area contributed by atoms with Crippen LogP contribution >= 0.6 is 11.6 Å². The summed E-state index contributed by atoms with van der Waals surface area (Å²) in [5, 5.41) is 4.89. The van der Waals surface area contributed by atoms with Gasteiger partial charge in [0.05, 0.1) is 5.41 Å². The fraction of sp³-hybridized carbons (Fsp3) is 0.471. The Labute approximate surface area is 130 Å². The number of unbranched alkanes of at least 4 members (excludes halogenated alkanes) is 2. The van der Waals surface area contributed by atoms with Crippen molar-refractivity contribution >= 4 is 28.4 Å². The topological polar surface area (TPSA) is 44.9 Å². The van der Waals surface area contributed by atoms with Gasteiger partial charge >= 0.3 is 0 Å². The summed E-state index contributed by atoms with van der Waals surface area (Å²) in [5.41, 5.74) is 1.79. The maximum atomic E-state index is 12.6. The van der Waals surface area contributed by atoms with Crippen LogP contribution in [0.2, 0.25) is 5.02 Å².